The molecule has 1 aliphatic carbocycles. The Balaban J connectivity index is 2.20. The molecule has 1 heterocycles. The fourth-order valence-corrected chi connectivity index (χ4v) is 2.07. The Morgan fingerprint density at radius 1 is 1.42 bits per heavy atom. The van der Waals surface area contributed by atoms with Gasteiger partial charge in [-0.1, -0.05) is 6.92 Å². The second-order valence-electron chi connectivity index (χ2n) is 4.76. The van der Waals surface area contributed by atoms with Crippen molar-refractivity contribution in [1.29, 1.82) is 0 Å². The topological polar surface area (TPSA) is 28.2 Å². The predicted octanol–water partition coefficient (Wildman–Crippen LogP) is 2.72. The van der Waals surface area contributed by atoms with Crippen molar-refractivity contribution < 1.29 is 13.2 Å². The van der Waals surface area contributed by atoms with Gasteiger partial charge in [-0.3, -0.25) is 4.98 Å². The van der Waals surface area contributed by atoms with Crippen molar-refractivity contribution in [2.24, 2.45) is 0 Å². The van der Waals surface area contributed by atoms with E-state index in [1.807, 2.05) is 6.92 Å². The van der Waals surface area contributed by atoms with E-state index in [1.54, 1.807) is 12.3 Å². The number of aromatic nitrogens is 1. The highest BCUT2D eigenvalue weighted by Gasteiger charge is 2.38. The Bertz CT molecular complexity index is 416. The van der Waals surface area contributed by atoms with E-state index in [-0.39, 0.29) is 6.04 Å². The van der Waals surface area contributed by atoms with Gasteiger partial charge in [0.25, 0.3) is 0 Å². The second kappa shape index (κ2) is 5.77. The van der Waals surface area contributed by atoms with Crippen molar-refractivity contribution in [3.63, 3.8) is 0 Å². The lowest BCUT2D eigenvalue weighted by Crippen LogP contribution is -2.37. The molecule has 0 aliphatic heterocycles. The summed E-state index contributed by atoms with van der Waals surface area (Å²) in [7, 11) is 0. The van der Waals surface area contributed by atoms with Crippen molar-refractivity contribution in [1.82, 2.24) is 10.3 Å². The second-order valence-corrected chi connectivity index (χ2v) is 4.76. The first-order chi connectivity index (χ1) is 9.01. The Morgan fingerprint density at radius 3 is 2.74 bits per heavy atom. The highest BCUT2D eigenvalue weighted by atomic mass is 19.4. The van der Waals surface area contributed by atoms with Crippen LogP contribution in [0.2, 0.25) is 0 Å². The molecule has 0 spiro atoms. The zero-order chi connectivity index (χ0) is 13.9. The molecule has 1 fully saturated rings. The van der Waals surface area contributed by atoms with Crippen LogP contribution in [0.5, 0.6) is 0 Å². The van der Waals surface area contributed by atoms with Crippen LogP contribution in [-0.4, -0.2) is 30.3 Å². The summed E-state index contributed by atoms with van der Waals surface area (Å²) in [6.07, 6.45) is 0.622. The molecule has 0 saturated heterocycles. The Morgan fingerprint density at radius 2 is 2.16 bits per heavy atom. The first-order valence-corrected chi connectivity index (χ1v) is 6.48. The zero-order valence-electron chi connectivity index (χ0n) is 10.9. The Hall–Kier alpha value is -1.30. The largest absolute Gasteiger partial charge is 0.405 e. The third-order valence-corrected chi connectivity index (χ3v) is 3.10. The average Bonchev–Trinajstić information content (AvgIpc) is 3.17. The monoisotopic (exact) mass is 273 g/mol. The van der Waals surface area contributed by atoms with Gasteiger partial charge in [0.1, 0.15) is 6.54 Å². The highest BCUT2D eigenvalue weighted by Crippen LogP contribution is 2.35. The van der Waals surface area contributed by atoms with Crippen LogP contribution in [0.4, 0.5) is 18.9 Å². The van der Waals surface area contributed by atoms with Crippen LogP contribution in [0, 0.1) is 0 Å². The molecule has 0 amide bonds. The number of anilines is 1. The molecule has 0 atom stereocenters. The van der Waals surface area contributed by atoms with Gasteiger partial charge in [0, 0.05) is 18.8 Å². The number of halogens is 3. The molecule has 106 valence electrons. The molecule has 0 unspecified atom stereocenters. The normalized spacial score (nSPS) is 15.6. The summed E-state index contributed by atoms with van der Waals surface area (Å²) in [5.74, 6) is 0. The minimum absolute atomic E-state index is 0.00574. The Kier molecular flexibility index (Phi) is 4.29. The molecule has 0 bridgehead atoms. The lowest BCUT2D eigenvalue weighted by atomic mass is 10.2. The van der Waals surface area contributed by atoms with Gasteiger partial charge >= 0.3 is 6.18 Å². The molecule has 1 N–H and O–H groups in total. The van der Waals surface area contributed by atoms with Crippen LogP contribution in [0.25, 0.3) is 0 Å². The summed E-state index contributed by atoms with van der Waals surface area (Å²) in [4.78, 5) is 5.42. The van der Waals surface area contributed by atoms with Gasteiger partial charge in [0.2, 0.25) is 0 Å². The number of nitrogens with zero attached hydrogens (tertiary/aromatic N) is 2. The lowest BCUT2D eigenvalue weighted by Gasteiger charge is -2.27. The smallest absolute Gasteiger partial charge is 0.358 e. The predicted molar refractivity (Wildman–Crippen MR) is 68.0 cm³/mol. The minimum Gasteiger partial charge on any atom is -0.358 e. The molecular formula is C13H18F3N3. The molecule has 19 heavy (non-hydrogen) atoms. The summed E-state index contributed by atoms with van der Waals surface area (Å²) >= 11 is 0. The summed E-state index contributed by atoms with van der Waals surface area (Å²) in [6, 6.07) is 1.79. The van der Waals surface area contributed by atoms with Crippen LogP contribution < -0.4 is 10.2 Å². The molecule has 3 nitrogen and oxygen atoms in total. The maximum atomic E-state index is 12.7. The molecule has 1 saturated carbocycles. The van der Waals surface area contributed by atoms with Gasteiger partial charge in [0.05, 0.1) is 11.9 Å². The number of hydrogen-bond donors (Lipinski definition) is 1. The number of hydrogen-bond acceptors (Lipinski definition) is 3. The molecular weight excluding hydrogens is 255 g/mol. The van der Waals surface area contributed by atoms with Gasteiger partial charge in [0.15, 0.2) is 0 Å². The van der Waals surface area contributed by atoms with E-state index in [1.165, 1.54) is 11.1 Å². The number of nitrogens with one attached hydrogen (secondary N) is 1. The van der Waals surface area contributed by atoms with Crippen molar-refractivity contribution in [2.45, 2.75) is 38.5 Å². The van der Waals surface area contributed by atoms with E-state index >= 15 is 0 Å². The summed E-state index contributed by atoms with van der Waals surface area (Å²) in [5.41, 5.74) is 1.47. The average molecular weight is 273 g/mol. The standard InChI is InChI=1S/C13H18F3N3/c1-2-17-7-10-5-6-18-8-12(10)19(11-3-4-11)9-13(14,15)16/h5-6,8,11,17H,2-4,7,9H2,1H3. The minimum atomic E-state index is -4.19. The fourth-order valence-electron chi connectivity index (χ4n) is 2.07. The number of pyridine rings is 1. The highest BCUT2D eigenvalue weighted by molar-refractivity contribution is 5.53. The fraction of sp³-hybridized carbons (Fsp3) is 0.615. The van der Waals surface area contributed by atoms with Gasteiger partial charge < -0.3 is 10.2 Å². The van der Waals surface area contributed by atoms with Crippen LogP contribution in [-0.2, 0) is 6.54 Å². The SMILES string of the molecule is CCNCc1ccncc1N(CC(F)(F)F)C1CC1. The van der Waals surface area contributed by atoms with Crippen LogP contribution >= 0.6 is 0 Å². The van der Waals surface area contributed by atoms with E-state index in [4.69, 9.17) is 0 Å². The third kappa shape index (κ3) is 4.09. The third-order valence-electron chi connectivity index (χ3n) is 3.10. The molecule has 2 rings (SSSR count). The van der Waals surface area contributed by atoms with Gasteiger partial charge in [-0.05, 0) is 31.0 Å². The van der Waals surface area contributed by atoms with E-state index < -0.39 is 12.7 Å². The van der Waals surface area contributed by atoms with Gasteiger partial charge in [-0.2, -0.15) is 13.2 Å². The molecule has 0 aromatic carbocycles. The Labute approximate surface area is 110 Å². The first-order valence-electron chi connectivity index (χ1n) is 6.48. The summed E-state index contributed by atoms with van der Waals surface area (Å²) < 4.78 is 38.1. The van der Waals surface area contributed by atoms with Crippen molar-refractivity contribution >= 4 is 5.69 Å². The van der Waals surface area contributed by atoms with E-state index in [9.17, 15) is 13.2 Å². The summed E-state index contributed by atoms with van der Waals surface area (Å²) in [6.45, 7) is 2.41. The van der Waals surface area contributed by atoms with Crippen LogP contribution in [0.15, 0.2) is 18.5 Å². The van der Waals surface area contributed by atoms with E-state index in [2.05, 4.69) is 10.3 Å². The quantitative estimate of drug-likeness (QED) is 0.863. The van der Waals surface area contributed by atoms with Crippen molar-refractivity contribution in [3.8, 4) is 0 Å². The zero-order valence-corrected chi connectivity index (χ0v) is 10.9. The lowest BCUT2D eigenvalue weighted by molar-refractivity contribution is -0.120. The maximum absolute atomic E-state index is 12.7. The van der Waals surface area contributed by atoms with Crippen LogP contribution in [0.1, 0.15) is 25.3 Å². The number of rotatable bonds is 6. The molecule has 0 radical (unpaired) electrons. The summed E-state index contributed by atoms with van der Waals surface area (Å²) in [5, 5.41) is 3.15. The molecule has 1 aromatic heterocycles. The maximum Gasteiger partial charge on any atom is 0.405 e. The molecule has 1 aromatic rings. The molecule has 1 aliphatic rings. The van der Waals surface area contributed by atoms with E-state index in [0.717, 1.165) is 24.9 Å². The first kappa shape index (κ1) is 14.1. The van der Waals surface area contributed by atoms with Crippen molar-refractivity contribution in [2.75, 3.05) is 18.0 Å². The van der Waals surface area contributed by atoms with Crippen LogP contribution in [0.3, 0.4) is 0 Å². The molecule has 6 heteroatoms. The number of alkyl halides is 3. The van der Waals surface area contributed by atoms with Gasteiger partial charge in [-0.25, -0.2) is 0 Å². The van der Waals surface area contributed by atoms with Crippen molar-refractivity contribution in [3.05, 3.63) is 24.0 Å². The van der Waals surface area contributed by atoms with E-state index in [0.29, 0.717) is 12.2 Å². The van der Waals surface area contributed by atoms with Gasteiger partial charge in [-0.15, -0.1) is 0 Å².